The molecule has 0 aromatic heterocycles. The molecule has 0 aliphatic carbocycles. The van der Waals surface area contributed by atoms with Gasteiger partial charge in [0.05, 0.1) is 5.69 Å². The van der Waals surface area contributed by atoms with Gasteiger partial charge in [-0.25, -0.2) is 0 Å². The fourth-order valence-electron chi connectivity index (χ4n) is 1.85. The molecule has 0 heterocycles. The molecule has 0 unspecified atom stereocenters. The van der Waals surface area contributed by atoms with Gasteiger partial charge in [0.25, 0.3) is 5.91 Å². The first-order valence-electron chi connectivity index (χ1n) is 6.74. The average Bonchev–Trinajstić information content (AvgIpc) is 2.56. The van der Waals surface area contributed by atoms with E-state index in [0.29, 0.717) is 16.9 Å². The van der Waals surface area contributed by atoms with Gasteiger partial charge >= 0.3 is 0 Å². The number of carbonyl (C=O) groups is 1. The summed E-state index contributed by atoms with van der Waals surface area (Å²) in [6.45, 7) is 1.94. The molecule has 112 valence electrons. The lowest BCUT2D eigenvalue weighted by molar-refractivity contribution is 0.102. The van der Waals surface area contributed by atoms with Gasteiger partial charge in [0.2, 0.25) is 5.71 Å². The van der Waals surface area contributed by atoms with E-state index >= 15 is 0 Å². The first-order chi connectivity index (χ1) is 11.1. The molecule has 0 atom stereocenters. The van der Waals surface area contributed by atoms with Crippen LogP contribution >= 0.6 is 0 Å². The Morgan fingerprint density at radius 3 is 2.43 bits per heavy atom. The molecular weight excluding hydrogens is 290 g/mol. The summed E-state index contributed by atoms with van der Waals surface area (Å²) in [7, 11) is 0. The van der Waals surface area contributed by atoms with Gasteiger partial charge < -0.3 is 5.32 Å². The van der Waals surface area contributed by atoms with Crippen molar-refractivity contribution < 1.29 is 4.79 Å². The molecule has 0 spiro atoms. The maximum atomic E-state index is 12.2. The topological polar surface area (TPSA) is 101 Å². The molecule has 2 aromatic rings. The zero-order valence-corrected chi connectivity index (χ0v) is 12.4. The molecule has 23 heavy (non-hydrogen) atoms. The van der Waals surface area contributed by atoms with Crippen LogP contribution in [0.1, 0.15) is 15.9 Å². The number of nitrogens with one attached hydrogen (secondary N) is 2. The van der Waals surface area contributed by atoms with Crippen molar-refractivity contribution in [3.05, 3.63) is 59.7 Å². The Balaban J connectivity index is 2.13. The molecular formula is C17H13N5O. The number of amides is 1. The predicted octanol–water partition coefficient (Wildman–Crippen LogP) is 3.06. The number of nitriles is 2. The van der Waals surface area contributed by atoms with Gasteiger partial charge in [0, 0.05) is 11.3 Å². The Kier molecular flexibility index (Phi) is 5.06. The molecule has 2 rings (SSSR count). The second-order valence-electron chi connectivity index (χ2n) is 4.70. The number of anilines is 2. The summed E-state index contributed by atoms with van der Waals surface area (Å²) in [4.78, 5) is 12.2. The van der Waals surface area contributed by atoms with Gasteiger partial charge in [-0.05, 0) is 42.8 Å². The Bertz CT molecular complexity index is 827. The van der Waals surface area contributed by atoms with Crippen molar-refractivity contribution in [1.29, 1.82) is 10.5 Å². The number of benzene rings is 2. The molecule has 0 bridgehead atoms. The van der Waals surface area contributed by atoms with Crippen molar-refractivity contribution in [2.75, 3.05) is 10.7 Å². The van der Waals surface area contributed by atoms with Crippen molar-refractivity contribution in [2.24, 2.45) is 5.10 Å². The predicted molar refractivity (Wildman–Crippen MR) is 87.9 cm³/mol. The molecule has 6 nitrogen and oxygen atoms in total. The highest BCUT2D eigenvalue weighted by molar-refractivity contribution is 6.10. The highest BCUT2D eigenvalue weighted by Gasteiger charge is 2.07. The zero-order chi connectivity index (χ0) is 16.7. The van der Waals surface area contributed by atoms with E-state index in [2.05, 4.69) is 15.8 Å². The minimum absolute atomic E-state index is 0.260. The smallest absolute Gasteiger partial charge is 0.255 e. The van der Waals surface area contributed by atoms with Crippen molar-refractivity contribution in [3.63, 3.8) is 0 Å². The van der Waals surface area contributed by atoms with Crippen LogP contribution in [0.15, 0.2) is 53.6 Å². The molecule has 0 saturated heterocycles. The largest absolute Gasteiger partial charge is 0.322 e. The Hall–Kier alpha value is -3.64. The number of hydrogen-bond donors (Lipinski definition) is 2. The number of aryl methyl sites for hydroxylation is 1. The van der Waals surface area contributed by atoms with E-state index in [1.165, 1.54) is 0 Å². The average molecular weight is 303 g/mol. The molecule has 0 aliphatic heterocycles. The van der Waals surface area contributed by atoms with Crippen molar-refractivity contribution in [3.8, 4) is 12.1 Å². The Morgan fingerprint density at radius 1 is 1.04 bits per heavy atom. The van der Waals surface area contributed by atoms with Crippen LogP contribution in [0.3, 0.4) is 0 Å². The van der Waals surface area contributed by atoms with Gasteiger partial charge in [0.15, 0.2) is 0 Å². The van der Waals surface area contributed by atoms with Crippen molar-refractivity contribution in [1.82, 2.24) is 0 Å². The SMILES string of the molecule is Cc1cccc(NC(=O)c2cccc(NN=C(C#N)C#N)c2)c1. The van der Waals surface area contributed by atoms with E-state index in [4.69, 9.17) is 10.5 Å². The molecule has 6 heteroatoms. The van der Waals surface area contributed by atoms with Crippen LogP contribution < -0.4 is 10.7 Å². The molecule has 0 saturated carbocycles. The minimum atomic E-state index is -0.292. The third-order valence-electron chi connectivity index (χ3n) is 2.91. The minimum Gasteiger partial charge on any atom is -0.322 e. The van der Waals surface area contributed by atoms with E-state index in [-0.39, 0.29) is 11.6 Å². The lowest BCUT2D eigenvalue weighted by Crippen LogP contribution is -2.12. The summed E-state index contributed by atoms with van der Waals surface area (Å²) >= 11 is 0. The number of carbonyl (C=O) groups excluding carboxylic acids is 1. The first-order valence-corrected chi connectivity index (χ1v) is 6.74. The number of hydrazone groups is 1. The highest BCUT2D eigenvalue weighted by atomic mass is 16.1. The van der Waals surface area contributed by atoms with Gasteiger partial charge in [0.1, 0.15) is 12.1 Å². The second-order valence-corrected chi connectivity index (χ2v) is 4.70. The molecule has 0 fully saturated rings. The van der Waals surface area contributed by atoms with Gasteiger partial charge in [-0.1, -0.05) is 18.2 Å². The van der Waals surface area contributed by atoms with Crippen molar-refractivity contribution in [2.45, 2.75) is 6.92 Å². The van der Waals surface area contributed by atoms with Gasteiger partial charge in [-0.15, -0.1) is 0 Å². The van der Waals surface area contributed by atoms with E-state index in [1.807, 2.05) is 31.2 Å². The normalized spacial score (nSPS) is 9.17. The summed E-state index contributed by atoms with van der Waals surface area (Å²) in [6, 6.07) is 17.4. The quantitative estimate of drug-likeness (QED) is 0.669. The summed E-state index contributed by atoms with van der Waals surface area (Å²) in [5.74, 6) is -0.260. The Morgan fingerprint density at radius 2 is 1.74 bits per heavy atom. The zero-order valence-electron chi connectivity index (χ0n) is 12.4. The fraction of sp³-hybridized carbons (Fsp3) is 0.0588. The summed E-state index contributed by atoms with van der Waals surface area (Å²) < 4.78 is 0. The molecule has 0 radical (unpaired) electrons. The number of hydrogen-bond acceptors (Lipinski definition) is 5. The third kappa shape index (κ3) is 4.42. The maximum Gasteiger partial charge on any atom is 0.255 e. The summed E-state index contributed by atoms with van der Waals surface area (Å²) in [6.07, 6.45) is 0. The Labute approximate surface area is 133 Å². The lowest BCUT2D eigenvalue weighted by atomic mass is 10.1. The van der Waals surface area contributed by atoms with Gasteiger partial charge in [-0.3, -0.25) is 10.2 Å². The fourth-order valence-corrected chi connectivity index (χ4v) is 1.85. The van der Waals surface area contributed by atoms with Crippen LogP contribution in [0.5, 0.6) is 0 Å². The van der Waals surface area contributed by atoms with Crippen LogP contribution in [-0.2, 0) is 0 Å². The van der Waals surface area contributed by atoms with Gasteiger partial charge in [-0.2, -0.15) is 15.6 Å². The molecule has 2 N–H and O–H groups in total. The summed E-state index contributed by atoms with van der Waals surface area (Å²) in [5.41, 5.74) is 4.98. The maximum absolute atomic E-state index is 12.2. The third-order valence-corrected chi connectivity index (χ3v) is 2.91. The molecule has 1 amide bonds. The van der Waals surface area contributed by atoms with E-state index in [9.17, 15) is 4.79 Å². The van der Waals surface area contributed by atoms with Crippen molar-refractivity contribution >= 4 is 23.0 Å². The van der Waals surface area contributed by atoms with Crippen LogP contribution in [0, 0.1) is 29.6 Å². The molecule has 0 aliphatic rings. The highest BCUT2D eigenvalue weighted by Crippen LogP contribution is 2.14. The number of rotatable bonds is 4. The van der Waals surface area contributed by atoms with Crippen LogP contribution in [-0.4, -0.2) is 11.6 Å². The number of nitrogens with zero attached hydrogens (tertiary/aromatic N) is 3. The summed E-state index contributed by atoms with van der Waals surface area (Å²) in [5, 5.41) is 23.7. The van der Waals surface area contributed by atoms with Crippen LogP contribution in [0.25, 0.3) is 0 Å². The van der Waals surface area contributed by atoms with Crippen LogP contribution in [0.2, 0.25) is 0 Å². The van der Waals surface area contributed by atoms with Crippen LogP contribution in [0.4, 0.5) is 11.4 Å². The van der Waals surface area contributed by atoms with E-state index in [0.717, 1.165) is 5.56 Å². The van der Waals surface area contributed by atoms with E-state index < -0.39 is 0 Å². The van der Waals surface area contributed by atoms with E-state index in [1.54, 1.807) is 36.4 Å². The lowest BCUT2D eigenvalue weighted by Gasteiger charge is -2.07. The standard InChI is InChI=1S/C17H13N5O/c1-12-4-2-6-14(8-12)20-17(23)13-5-3-7-15(9-13)21-22-16(10-18)11-19/h2-9,21H,1H3,(H,20,23). The first kappa shape index (κ1) is 15.7. The second kappa shape index (κ2) is 7.39. The monoisotopic (exact) mass is 303 g/mol. The molecule has 2 aromatic carbocycles.